The average molecular weight is 957 g/mol. The van der Waals surface area contributed by atoms with Gasteiger partial charge in [-0.3, -0.25) is 29.0 Å². The highest BCUT2D eigenvalue weighted by Gasteiger charge is 2.73. The number of benzene rings is 2. The van der Waals surface area contributed by atoms with Gasteiger partial charge in [0.05, 0.1) is 45.3 Å². The van der Waals surface area contributed by atoms with Crippen LogP contribution in [-0.2, 0) is 36.4 Å². The van der Waals surface area contributed by atoms with Crippen LogP contribution in [0.3, 0.4) is 0 Å². The summed E-state index contributed by atoms with van der Waals surface area (Å²) in [5.41, 5.74) is -1.56. The first kappa shape index (κ1) is 46.1. The molecule has 0 radical (unpaired) electrons. The molecule has 10 atom stereocenters. The van der Waals surface area contributed by atoms with E-state index in [0.29, 0.717) is 73.1 Å². The molecule has 3 aromatic rings. The van der Waals surface area contributed by atoms with Crippen LogP contribution in [0.1, 0.15) is 136 Å². The number of halogens is 2. The molecule has 2 unspecified atom stereocenters. The third-order valence-electron chi connectivity index (χ3n) is 18.3. The molecule has 0 amide bonds. The molecule has 5 aliphatic carbocycles. The fourth-order valence-corrected chi connectivity index (χ4v) is 15.2. The SMILES string of the molecule is COc1c(OC(=O)C(C)c2sc(C(C)C(=O)Oc3ccc4c5c3O[C@H]3C(=O)CC[C@@]6(O)[C@@H](C4)N(CC4CC4)CC[C@]536)c(F)c2F)ccc(C)c1[C@]12CCN(CC3CC3)[C@H](C)[C@]1(O)CCC(=O)[C@@H]2C. The minimum absolute atomic E-state index is 0.0221. The lowest BCUT2D eigenvalue weighted by Gasteiger charge is -2.62. The van der Waals surface area contributed by atoms with Crippen molar-refractivity contribution in [2.24, 2.45) is 17.8 Å². The van der Waals surface area contributed by atoms with Crippen molar-refractivity contribution in [1.29, 1.82) is 0 Å². The van der Waals surface area contributed by atoms with Crippen molar-refractivity contribution >= 4 is 34.8 Å². The minimum atomic E-state index is -1.33. The molecule has 1 aromatic heterocycles. The molecule has 1 spiro atoms. The number of hydrogen-bond acceptors (Lipinski definition) is 13. The Balaban J connectivity index is 0.849. The first-order chi connectivity index (χ1) is 32.4. The number of rotatable bonds is 12. The number of thiophene rings is 1. The third-order valence-corrected chi connectivity index (χ3v) is 19.8. The van der Waals surface area contributed by atoms with E-state index in [2.05, 4.69) is 9.80 Å². The van der Waals surface area contributed by atoms with E-state index in [-0.39, 0.29) is 75.7 Å². The zero-order valence-corrected chi connectivity index (χ0v) is 40.6. The lowest BCUT2D eigenvalue weighted by Crippen LogP contribution is -2.76. The van der Waals surface area contributed by atoms with Crippen LogP contribution < -0.4 is 18.9 Å². The monoisotopic (exact) mass is 956 g/mol. The summed E-state index contributed by atoms with van der Waals surface area (Å²) in [6, 6.07) is 6.39. The van der Waals surface area contributed by atoms with Gasteiger partial charge in [-0.1, -0.05) is 19.1 Å². The molecule has 3 aliphatic heterocycles. The Morgan fingerprint density at radius 1 is 0.794 bits per heavy atom. The maximum atomic E-state index is 16.0. The van der Waals surface area contributed by atoms with Gasteiger partial charge in [0.2, 0.25) is 0 Å². The van der Waals surface area contributed by atoms with E-state index < -0.39 is 69.5 Å². The number of carbonyl (C=O) groups excluding carboxylic acids is 4. The summed E-state index contributed by atoms with van der Waals surface area (Å²) >= 11 is 0.642. The van der Waals surface area contributed by atoms with Crippen molar-refractivity contribution in [3.63, 3.8) is 0 Å². The van der Waals surface area contributed by atoms with Crippen LogP contribution in [0.4, 0.5) is 8.78 Å². The van der Waals surface area contributed by atoms with E-state index in [1.165, 1.54) is 46.6 Å². The van der Waals surface area contributed by atoms with Crippen molar-refractivity contribution in [1.82, 2.24) is 9.80 Å². The van der Waals surface area contributed by atoms with Gasteiger partial charge >= 0.3 is 11.9 Å². The number of hydrogen-bond donors (Lipinski definition) is 2. The Bertz CT molecular complexity index is 2650. The summed E-state index contributed by atoms with van der Waals surface area (Å²) in [7, 11) is 1.45. The fraction of sp³-hybridized carbons (Fsp3) is 0.623. The van der Waals surface area contributed by atoms with E-state index in [1.807, 2.05) is 26.8 Å². The summed E-state index contributed by atoms with van der Waals surface area (Å²) in [6.07, 6.45) is 6.33. The number of carbonyl (C=O) groups is 4. The minimum Gasteiger partial charge on any atom is -0.493 e. The van der Waals surface area contributed by atoms with Crippen LogP contribution in [0.2, 0.25) is 0 Å². The highest BCUT2D eigenvalue weighted by molar-refractivity contribution is 7.12. The molecular weight excluding hydrogens is 895 g/mol. The van der Waals surface area contributed by atoms with Gasteiger partial charge < -0.3 is 29.2 Å². The number of ether oxygens (including phenoxy) is 4. The Kier molecular flexibility index (Phi) is 10.9. The van der Waals surface area contributed by atoms with Gasteiger partial charge in [0.1, 0.15) is 5.78 Å². The van der Waals surface area contributed by atoms with Crippen LogP contribution in [-0.4, -0.2) is 106 Å². The van der Waals surface area contributed by atoms with Crippen LogP contribution >= 0.6 is 11.3 Å². The van der Waals surface area contributed by atoms with E-state index in [0.717, 1.165) is 24.2 Å². The molecular formula is C53H62F2N2O10S. The second kappa shape index (κ2) is 16.1. The lowest BCUT2D eigenvalue weighted by atomic mass is 9.49. The molecule has 4 saturated carbocycles. The predicted octanol–water partition coefficient (Wildman–Crippen LogP) is 7.37. The molecule has 2 aromatic carbocycles. The van der Waals surface area contributed by atoms with Gasteiger partial charge in [-0.15, -0.1) is 11.3 Å². The quantitative estimate of drug-likeness (QED) is 0.138. The van der Waals surface area contributed by atoms with Crippen molar-refractivity contribution in [3.8, 4) is 23.0 Å². The van der Waals surface area contributed by atoms with Gasteiger partial charge in [0.25, 0.3) is 0 Å². The highest BCUT2D eigenvalue weighted by Crippen LogP contribution is 2.66. The number of likely N-dealkylation sites (tertiary alicyclic amines) is 2. The van der Waals surface area contributed by atoms with Crippen molar-refractivity contribution in [2.45, 2.75) is 157 Å². The Morgan fingerprint density at radius 3 is 2.01 bits per heavy atom. The lowest BCUT2D eigenvalue weighted by molar-refractivity contribution is -0.188. The number of fused-ring (bicyclic) bond motifs is 1. The molecule has 15 heteroatoms. The maximum absolute atomic E-state index is 16.0. The molecule has 2 N–H and O–H groups in total. The molecule has 2 bridgehead atoms. The topological polar surface area (TPSA) is 152 Å². The van der Waals surface area contributed by atoms with E-state index in [9.17, 15) is 29.4 Å². The van der Waals surface area contributed by atoms with Gasteiger partial charge in [0.15, 0.2) is 46.5 Å². The van der Waals surface area contributed by atoms with Crippen molar-refractivity contribution in [2.75, 3.05) is 33.3 Å². The second-order valence-electron chi connectivity index (χ2n) is 21.7. The zero-order chi connectivity index (χ0) is 48.0. The zero-order valence-electron chi connectivity index (χ0n) is 39.8. The number of piperidine rings is 2. The molecule has 11 rings (SSSR count). The Labute approximate surface area is 399 Å². The number of aliphatic hydroxyl groups is 2. The van der Waals surface area contributed by atoms with Crippen molar-refractivity contribution < 1.29 is 57.1 Å². The summed E-state index contributed by atoms with van der Waals surface area (Å²) in [5.74, 6) is -5.92. The number of ketones is 2. The van der Waals surface area contributed by atoms with Gasteiger partial charge in [-0.25, -0.2) is 8.78 Å². The molecule has 8 aliphatic rings. The van der Waals surface area contributed by atoms with Crippen molar-refractivity contribution in [3.05, 3.63) is 67.9 Å². The smallest absolute Gasteiger partial charge is 0.319 e. The first-order valence-corrected chi connectivity index (χ1v) is 25.6. The first-order valence-electron chi connectivity index (χ1n) is 24.8. The normalized spacial score (nSPS) is 33.9. The van der Waals surface area contributed by atoms with E-state index >= 15 is 8.78 Å². The molecule has 68 heavy (non-hydrogen) atoms. The van der Waals surface area contributed by atoms with E-state index in [4.69, 9.17) is 18.9 Å². The van der Waals surface area contributed by atoms with Gasteiger partial charge in [0, 0.05) is 60.5 Å². The summed E-state index contributed by atoms with van der Waals surface area (Å²) in [5, 5.41) is 25.6. The average Bonchev–Trinajstić information content (AvgIpc) is 4.26. The van der Waals surface area contributed by atoms with Gasteiger partial charge in [-0.2, -0.15) is 0 Å². The summed E-state index contributed by atoms with van der Waals surface area (Å²) in [6.45, 7) is 11.8. The Morgan fingerprint density at radius 2 is 1.37 bits per heavy atom. The maximum Gasteiger partial charge on any atom is 0.319 e. The van der Waals surface area contributed by atoms with Crippen LogP contribution in [0.15, 0.2) is 24.3 Å². The van der Waals surface area contributed by atoms with Crippen LogP contribution in [0.5, 0.6) is 23.0 Å². The molecule has 4 heterocycles. The standard InChI is InChI=1S/C53H62F2N2O10S/c1-26-7-13-36(43(64-6)39(26)50-19-21-56(24-31-8-9-31)30(5)52(50,62)17-15-34(58)29(50)4)65-48(60)27(2)45-41(54)42(55)46(68-45)28(3)49(61)66-37-14-12-33-23-38-53(63)18-16-35(59)47-51(53,40(33)44(37)67-47)20-22-57(38)25-32-10-11-32/h7,12-14,27-32,38,47,62-63H,8-11,15-25H2,1-6H3/t27?,28?,29-,30+,38+,47-,50+,51-,52+,53+/m0/s1. The summed E-state index contributed by atoms with van der Waals surface area (Å²) in [4.78, 5) is 59.5. The van der Waals surface area contributed by atoms with E-state index in [1.54, 1.807) is 18.2 Å². The second-order valence-corrected chi connectivity index (χ2v) is 22.8. The molecule has 2 saturated heterocycles. The number of methoxy groups -OCH3 is 1. The number of nitrogens with zero attached hydrogens (tertiary/aromatic N) is 2. The van der Waals surface area contributed by atoms with Crippen LogP contribution in [0, 0.1) is 36.3 Å². The summed E-state index contributed by atoms with van der Waals surface area (Å²) < 4.78 is 56.5. The fourth-order valence-electron chi connectivity index (χ4n) is 14.1. The number of Topliss-reactive ketones (excluding diaryl/α,β-unsaturated/α-hetero) is 2. The van der Waals surface area contributed by atoms with Crippen LogP contribution in [0.25, 0.3) is 0 Å². The third kappa shape index (κ3) is 6.46. The number of esters is 2. The highest BCUT2D eigenvalue weighted by atomic mass is 32.1. The molecule has 364 valence electrons. The Hall–Kier alpha value is -4.28. The van der Waals surface area contributed by atoms with Gasteiger partial charge in [-0.05, 0) is 134 Å². The largest absolute Gasteiger partial charge is 0.493 e. The predicted molar refractivity (Wildman–Crippen MR) is 247 cm³/mol. The number of aryl methyl sites for hydroxylation is 1. The molecule has 12 nitrogen and oxygen atoms in total. The molecule has 6 fully saturated rings.